The van der Waals surface area contributed by atoms with Crippen molar-refractivity contribution >= 4 is 39.9 Å². The van der Waals surface area contributed by atoms with E-state index in [9.17, 15) is 9.18 Å². The second-order valence-electron chi connectivity index (χ2n) is 9.91. The molecule has 0 aliphatic carbocycles. The molecule has 2 fully saturated rings. The fourth-order valence-electron chi connectivity index (χ4n) is 5.38. The lowest BCUT2D eigenvalue weighted by atomic mass is 9.86. The van der Waals surface area contributed by atoms with Crippen molar-refractivity contribution in [3.63, 3.8) is 0 Å². The molecule has 2 aromatic carbocycles. The molecule has 2 saturated heterocycles. The van der Waals surface area contributed by atoms with Gasteiger partial charge in [-0.3, -0.25) is 4.79 Å². The van der Waals surface area contributed by atoms with Gasteiger partial charge in [0.25, 0.3) is 0 Å². The molecule has 3 heterocycles. The SMILES string of the molecule is COc1cc2ncnc(Nc3cc(Cl)ccc3F)c2cc1OCCCN1CCC2(CCN(C(C)=O)C2)C1. The lowest BCUT2D eigenvalue weighted by molar-refractivity contribution is -0.128. The van der Waals surface area contributed by atoms with E-state index in [1.165, 1.54) is 24.5 Å². The lowest BCUT2D eigenvalue weighted by Crippen LogP contribution is -2.33. The summed E-state index contributed by atoms with van der Waals surface area (Å²) in [6.45, 7) is 6.94. The van der Waals surface area contributed by atoms with E-state index in [0.717, 1.165) is 52.0 Å². The Bertz CT molecular complexity index is 1310. The van der Waals surface area contributed by atoms with Crippen molar-refractivity contribution in [2.24, 2.45) is 5.41 Å². The van der Waals surface area contributed by atoms with Crippen LogP contribution in [0.25, 0.3) is 10.9 Å². The van der Waals surface area contributed by atoms with Gasteiger partial charge in [0.1, 0.15) is 18.0 Å². The average molecular weight is 528 g/mol. The summed E-state index contributed by atoms with van der Waals surface area (Å²) >= 11 is 6.04. The summed E-state index contributed by atoms with van der Waals surface area (Å²) in [5.74, 6) is 1.33. The maximum Gasteiger partial charge on any atom is 0.219 e. The van der Waals surface area contributed by atoms with Gasteiger partial charge in [-0.15, -0.1) is 0 Å². The molecular formula is C27H31ClFN5O3. The molecule has 5 rings (SSSR count). The first-order valence-corrected chi connectivity index (χ1v) is 12.9. The van der Waals surface area contributed by atoms with E-state index in [-0.39, 0.29) is 17.0 Å². The van der Waals surface area contributed by atoms with Gasteiger partial charge in [0.15, 0.2) is 11.5 Å². The minimum absolute atomic E-state index is 0.175. The van der Waals surface area contributed by atoms with Crippen LogP contribution in [0.2, 0.25) is 5.02 Å². The van der Waals surface area contributed by atoms with Crippen molar-refractivity contribution in [2.45, 2.75) is 26.2 Å². The second kappa shape index (κ2) is 10.7. The predicted octanol–water partition coefficient (Wildman–Crippen LogP) is 4.89. The minimum atomic E-state index is -0.434. The van der Waals surface area contributed by atoms with Crippen LogP contribution in [0.4, 0.5) is 15.9 Å². The van der Waals surface area contributed by atoms with E-state index in [1.807, 2.05) is 11.0 Å². The van der Waals surface area contributed by atoms with Crippen LogP contribution in [0.5, 0.6) is 11.5 Å². The maximum atomic E-state index is 14.3. The summed E-state index contributed by atoms with van der Waals surface area (Å²) in [6, 6.07) is 7.92. The largest absolute Gasteiger partial charge is 0.493 e. The Hall–Kier alpha value is -3.17. The molecule has 2 aliphatic rings. The highest BCUT2D eigenvalue weighted by Crippen LogP contribution is 2.40. The van der Waals surface area contributed by atoms with Gasteiger partial charge in [-0.2, -0.15) is 0 Å². The molecule has 0 bridgehead atoms. The van der Waals surface area contributed by atoms with Gasteiger partial charge in [0.2, 0.25) is 5.91 Å². The molecule has 3 aromatic rings. The summed E-state index contributed by atoms with van der Waals surface area (Å²) in [6.07, 6.45) is 4.50. The summed E-state index contributed by atoms with van der Waals surface area (Å²) in [5, 5.41) is 4.11. The number of benzene rings is 2. The molecule has 1 aromatic heterocycles. The molecule has 8 nitrogen and oxygen atoms in total. The number of methoxy groups -OCH3 is 1. The van der Waals surface area contributed by atoms with E-state index in [1.54, 1.807) is 20.1 Å². The van der Waals surface area contributed by atoms with Gasteiger partial charge in [-0.05, 0) is 50.1 Å². The van der Waals surface area contributed by atoms with Gasteiger partial charge < -0.3 is 24.6 Å². The number of likely N-dealkylation sites (tertiary alicyclic amines) is 2. The maximum absolute atomic E-state index is 14.3. The fourth-order valence-corrected chi connectivity index (χ4v) is 5.55. The first-order valence-electron chi connectivity index (χ1n) is 12.5. The van der Waals surface area contributed by atoms with Crippen LogP contribution in [0.1, 0.15) is 26.2 Å². The number of carbonyl (C=O) groups excluding carboxylic acids is 1. The number of hydrogen-bond acceptors (Lipinski definition) is 7. The van der Waals surface area contributed by atoms with Crippen LogP contribution in [0.3, 0.4) is 0 Å². The predicted molar refractivity (Wildman–Crippen MR) is 141 cm³/mol. The molecule has 10 heteroatoms. The van der Waals surface area contributed by atoms with Crippen LogP contribution in [-0.4, -0.2) is 72.1 Å². The Kier molecular flexibility index (Phi) is 7.35. The topological polar surface area (TPSA) is 79.8 Å². The number of ether oxygens (including phenoxy) is 2. The Morgan fingerprint density at radius 1 is 1.16 bits per heavy atom. The molecule has 1 spiro atoms. The zero-order valence-corrected chi connectivity index (χ0v) is 21.9. The molecule has 196 valence electrons. The number of aromatic nitrogens is 2. The molecule has 2 aliphatic heterocycles. The van der Waals surface area contributed by atoms with E-state index < -0.39 is 5.82 Å². The van der Waals surface area contributed by atoms with Crippen molar-refractivity contribution in [1.82, 2.24) is 19.8 Å². The highest BCUT2D eigenvalue weighted by Gasteiger charge is 2.43. The highest BCUT2D eigenvalue weighted by molar-refractivity contribution is 6.30. The zero-order valence-electron chi connectivity index (χ0n) is 21.1. The third-order valence-electron chi connectivity index (χ3n) is 7.38. The fraction of sp³-hybridized carbons (Fsp3) is 0.444. The van der Waals surface area contributed by atoms with Gasteiger partial charge >= 0.3 is 0 Å². The first kappa shape index (κ1) is 25.5. The number of carbonyl (C=O) groups is 1. The standard InChI is InChI=1S/C27H31ClFN5O3/c1-18(35)34-10-7-27(16-34)6-9-33(15-27)8-3-11-37-25-13-20-22(14-24(25)36-2)30-17-31-26(20)32-23-12-19(28)4-5-21(23)29/h4-5,12-14,17H,3,6-11,15-16H2,1-2H3,(H,30,31,32). The molecule has 1 amide bonds. The third kappa shape index (κ3) is 5.57. The quantitative estimate of drug-likeness (QED) is 0.418. The number of anilines is 2. The molecular weight excluding hydrogens is 497 g/mol. The molecule has 1 unspecified atom stereocenters. The van der Waals surface area contributed by atoms with Crippen molar-refractivity contribution in [3.8, 4) is 11.5 Å². The Morgan fingerprint density at radius 3 is 2.78 bits per heavy atom. The summed E-state index contributed by atoms with van der Waals surface area (Å²) in [4.78, 5) is 24.8. The van der Waals surface area contributed by atoms with Gasteiger partial charge in [-0.1, -0.05) is 11.6 Å². The highest BCUT2D eigenvalue weighted by atomic mass is 35.5. The third-order valence-corrected chi connectivity index (χ3v) is 7.61. The number of fused-ring (bicyclic) bond motifs is 1. The van der Waals surface area contributed by atoms with Crippen molar-refractivity contribution in [3.05, 3.63) is 47.5 Å². The number of halogens is 2. The van der Waals surface area contributed by atoms with Crippen LogP contribution in [-0.2, 0) is 4.79 Å². The van der Waals surface area contributed by atoms with Gasteiger partial charge in [-0.25, -0.2) is 14.4 Å². The van der Waals surface area contributed by atoms with Crippen LogP contribution < -0.4 is 14.8 Å². The van der Waals surface area contributed by atoms with E-state index in [4.69, 9.17) is 21.1 Å². The molecule has 1 atom stereocenters. The molecule has 0 radical (unpaired) electrons. The first-order chi connectivity index (χ1) is 17.9. The number of nitrogens with zero attached hydrogens (tertiary/aromatic N) is 4. The Labute approximate surface area is 220 Å². The van der Waals surface area contributed by atoms with Crippen LogP contribution in [0, 0.1) is 11.2 Å². The van der Waals surface area contributed by atoms with Crippen LogP contribution in [0.15, 0.2) is 36.7 Å². The summed E-state index contributed by atoms with van der Waals surface area (Å²) in [5.41, 5.74) is 1.12. The lowest BCUT2D eigenvalue weighted by Gasteiger charge is -2.24. The van der Waals surface area contributed by atoms with Gasteiger partial charge in [0.05, 0.1) is 24.9 Å². The van der Waals surface area contributed by atoms with E-state index in [2.05, 4.69) is 20.2 Å². The van der Waals surface area contributed by atoms with Crippen molar-refractivity contribution in [2.75, 3.05) is 51.8 Å². The number of rotatable bonds is 8. The van der Waals surface area contributed by atoms with E-state index >= 15 is 0 Å². The zero-order chi connectivity index (χ0) is 26.0. The monoisotopic (exact) mass is 527 g/mol. The summed E-state index contributed by atoms with van der Waals surface area (Å²) in [7, 11) is 1.59. The number of amides is 1. The minimum Gasteiger partial charge on any atom is -0.493 e. The van der Waals surface area contributed by atoms with E-state index in [0.29, 0.717) is 39.8 Å². The number of nitrogens with one attached hydrogen (secondary N) is 1. The summed E-state index contributed by atoms with van der Waals surface area (Å²) < 4.78 is 26.0. The van der Waals surface area contributed by atoms with Crippen LogP contribution >= 0.6 is 11.6 Å². The van der Waals surface area contributed by atoms with Crippen molar-refractivity contribution < 1.29 is 18.7 Å². The second-order valence-corrected chi connectivity index (χ2v) is 10.3. The normalized spacial score (nSPS) is 19.6. The molecule has 37 heavy (non-hydrogen) atoms. The van der Waals surface area contributed by atoms with Crippen molar-refractivity contribution in [1.29, 1.82) is 0 Å². The molecule has 0 saturated carbocycles. The smallest absolute Gasteiger partial charge is 0.219 e. The van der Waals surface area contributed by atoms with Gasteiger partial charge in [0, 0.05) is 55.0 Å². The Balaban J connectivity index is 1.23. The number of hydrogen-bond donors (Lipinski definition) is 1. The Morgan fingerprint density at radius 2 is 2.00 bits per heavy atom. The average Bonchev–Trinajstić information content (AvgIpc) is 3.50. The molecule has 1 N–H and O–H groups in total.